The molecule has 1 atom stereocenters. The van der Waals surface area contributed by atoms with Gasteiger partial charge in [-0.2, -0.15) is 10.2 Å². The van der Waals surface area contributed by atoms with Gasteiger partial charge >= 0.3 is 0 Å². The van der Waals surface area contributed by atoms with E-state index in [2.05, 4.69) is 15.6 Å². The van der Waals surface area contributed by atoms with Crippen LogP contribution in [0.25, 0.3) is 0 Å². The first-order valence-electron chi connectivity index (χ1n) is 6.78. The third-order valence-corrected chi connectivity index (χ3v) is 3.65. The molecule has 4 nitrogen and oxygen atoms in total. The van der Waals surface area contributed by atoms with E-state index in [1.165, 1.54) is 6.07 Å². The number of aromatic nitrogens is 2. The van der Waals surface area contributed by atoms with E-state index in [0.29, 0.717) is 6.42 Å². The van der Waals surface area contributed by atoms with Crippen molar-refractivity contribution < 1.29 is 4.39 Å². The molecule has 0 radical (unpaired) electrons. The van der Waals surface area contributed by atoms with Crippen LogP contribution >= 0.6 is 11.6 Å². The third kappa shape index (κ3) is 3.75. The van der Waals surface area contributed by atoms with E-state index in [-0.39, 0.29) is 11.1 Å². The van der Waals surface area contributed by atoms with Crippen LogP contribution in [0.15, 0.2) is 24.3 Å². The second kappa shape index (κ2) is 6.93. The second-order valence-corrected chi connectivity index (χ2v) is 5.32. The lowest BCUT2D eigenvalue weighted by Crippen LogP contribution is -2.30. The van der Waals surface area contributed by atoms with Crippen LogP contribution in [-0.4, -0.2) is 10.2 Å². The molecule has 1 unspecified atom stereocenters. The zero-order valence-corrected chi connectivity index (χ0v) is 12.8. The molecule has 0 aliphatic carbocycles. The summed E-state index contributed by atoms with van der Waals surface area (Å²) in [5.41, 5.74) is 6.44. The molecule has 2 rings (SSSR count). The van der Waals surface area contributed by atoms with Crippen LogP contribution in [-0.2, 0) is 12.8 Å². The van der Waals surface area contributed by atoms with Crippen molar-refractivity contribution in [2.75, 3.05) is 0 Å². The fraction of sp³-hybridized carbons (Fsp3) is 0.333. The summed E-state index contributed by atoms with van der Waals surface area (Å²) in [6.45, 7) is 3.91. The van der Waals surface area contributed by atoms with E-state index in [1.54, 1.807) is 12.1 Å². The standard InChI is InChI=1S/C15H18ClFN4/c1-3-14-11(6-9(2)20-21-14)15(19-18)8-10-4-5-13(17)12(16)7-10/h4-7,15,19H,3,8,18H2,1-2H3. The van der Waals surface area contributed by atoms with Crippen molar-refractivity contribution in [3.63, 3.8) is 0 Å². The van der Waals surface area contributed by atoms with Crippen LogP contribution in [0.5, 0.6) is 0 Å². The molecule has 0 aliphatic heterocycles. The van der Waals surface area contributed by atoms with Gasteiger partial charge in [-0.15, -0.1) is 0 Å². The van der Waals surface area contributed by atoms with E-state index in [0.717, 1.165) is 28.9 Å². The van der Waals surface area contributed by atoms with Gasteiger partial charge in [0.05, 0.1) is 22.5 Å². The minimum atomic E-state index is -0.423. The zero-order valence-electron chi connectivity index (χ0n) is 12.0. The van der Waals surface area contributed by atoms with Crippen LogP contribution in [0.2, 0.25) is 5.02 Å². The van der Waals surface area contributed by atoms with Crippen molar-refractivity contribution in [1.29, 1.82) is 0 Å². The summed E-state index contributed by atoms with van der Waals surface area (Å²) in [6, 6.07) is 6.53. The quantitative estimate of drug-likeness (QED) is 0.658. The van der Waals surface area contributed by atoms with Crippen LogP contribution in [0.1, 0.15) is 35.5 Å². The van der Waals surface area contributed by atoms with Crippen LogP contribution in [0.4, 0.5) is 4.39 Å². The number of aryl methyl sites for hydroxylation is 2. The minimum Gasteiger partial charge on any atom is -0.271 e. The zero-order chi connectivity index (χ0) is 15.4. The van der Waals surface area contributed by atoms with Crippen LogP contribution in [0, 0.1) is 12.7 Å². The van der Waals surface area contributed by atoms with E-state index in [1.807, 2.05) is 19.9 Å². The van der Waals surface area contributed by atoms with Gasteiger partial charge in [0.15, 0.2) is 0 Å². The number of nitrogens with one attached hydrogen (secondary N) is 1. The first-order chi connectivity index (χ1) is 10.0. The lowest BCUT2D eigenvalue weighted by Gasteiger charge is -2.19. The van der Waals surface area contributed by atoms with E-state index in [4.69, 9.17) is 17.4 Å². The van der Waals surface area contributed by atoms with Gasteiger partial charge in [-0.1, -0.05) is 24.6 Å². The predicted octanol–water partition coefficient (Wildman–Crippen LogP) is 2.89. The van der Waals surface area contributed by atoms with Gasteiger partial charge in [-0.3, -0.25) is 11.3 Å². The highest BCUT2D eigenvalue weighted by atomic mass is 35.5. The Kier molecular flexibility index (Phi) is 5.22. The Balaban J connectivity index is 2.31. The summed E-state index contributed by atoms with van der Waals surface area (Å²) < 4.78 is 13.2. The largest absolute Gasteiger partial charge is 0.271 e. The smallest absolute Gasteiger partial charge is 0.141 e. The van der Waals surface area contributed by atoms with Crippen molar-refractivity contribution in [3.8, 4) is 0 Å². The molecule has 0 amide bonds. The Morgan fingerprint density at radius 2 is 2.10 bits per heavy atom. The maximum Gasteiger partial charge on any atom is 0.141 e. The van der Waals surface area contributed by atoms with Crippen molar-refractivity contribution >= 4 is 11.6 Å². The molecule has 3 N–H and O–H groups in total. The molecule has 112 valence electrons. The summed E-state index contributed by atoms with van der Waals surface area (Å²) >= 11 is 5.82. The molecule has 0 fully saturated rings. The Labute approximate surface area is 128 Å². The highest BCUT2D eigenvalue weighted by Crippen LogP contribution is 2.23. The molecule has 1 aromatic heterocycles. The highest BCUT2D eigenvalue weighted by molar-refractivity contribution is 6.30. The van der Waals surface area contributed by atoms with Gasteiger partial charge in [0.25, 0.3) is 0 Å². The number of hydrazine groups is 1. The summed E-state index contributed by atoms with van der Waals surface area (Å²) in [7, 11) is 0. The SMILES string of the molecule is CCc1nnc(C)cc1C(Cc1ccc(F)c(Cl)c1)NN. The Hall–Kier alpha value is -1.56. The first kappa shape index (κ1) is 15.8. The third-order valence-electron chi connectivity index (χ3n) is 3.36. The number of rotatable bonds is 5. The molecule has 1 aromatic carbocycles. The van der Waals surface area contributed by atoms with Gasteiger partial charge in [0.1, 0.15) is 5.82 Å². The fourth-order valence-corrected chi connectivity index (χ4v) is 2.47. The molecule has 0 saturated heterocycles. The lowest BCUT2D eigenvalue weighted by atomic mass is 9.97. The summed E-state index contributed by atoms with van der Waals surface area (Å²) in [4.78, 5) is 0. The van der Waals surface area contributed by atoms with Crippen LogP contribution < -0.4 is 11.3 Å². The average molecular weight is 309 g/mol. The van der Waals surface area contributed by atoms with E-state index in [9.17, 15) is 4.39 Å². The molecule has 0 saturated carbocycles. The van der Waals surface area contributed by atoms with Crippen molar-refractivity contribution in [2.24, 2.45) is 5.84 Å². The van der Waals surface area contributed by atoms with E-state index < -0.39 is 5.82 Å². The van der Waals surface area contributed by atoms with Gasteiger partial charge in [-0.25, -0.2) is 4.39 Å². The maximum atomic E-state index is 13.2. The molecular weight excluding hydrogens is 291 g/mol. The summed E-state index contributed by atoms with van der Waals surface area (Å²) in [6.07, 6.45) is 1.36. The molecule has 21 heavy (non-hydrogen) atoms. The average Bonchev–Trinajstić information content (AvgIpc) is 2.48. The topological polar surface area (TPSA) is 63.8 Å². The normalized spacial score (nSPS) is 12.4. The van der Waals surface area contributed by atoms with Gasteiger partial charge in [0, 0.05) is 0 Å². The van der Waals surface area contributed by atoms with Crippen LogP contribution in [0.3, 0.4) is 0 Å². The minimum absolute atomic E-state index is 0.114. The number of nitrogens with two attached hydrogens (primary N) is 1. The molecule has 2 aromatic rings. The number of nitrogens with zero attached hydrogens (tertiary/aromatic N) is 2. The van der Waals surface area contributed by atoms with E-state index >= 15 is 0 Å². The molecule has 0 aliphatic rings. The van der Waals surface area contributed by atoms with Gasteiger partial charge in [-0.05, 0) is 49.1 Å². The molecule has 6 heteroatoms. The molecule has 0 spiro atoms. The molecule has 1 heterocycles. The monoisotopic (exact) mass is 308 g/mol. The van der Waals surface area contributed by atoms with Gasteiger partial charge in [0.2, 0.25) is 0 Å². The van der Waals surface area contributed by atoms with Crippen molar-refractivity contribution in [2.45, 2.75) is 32.7 Å². The molecule has 0 bridgehead atoms. The predicted molar refractivity (Wildman–Crippen MR) is 81.3 cm³/mol. The number of hydrogen-bond donors (Lipinski definition) is 2. The Morgan fingerprint density at radius 3 is 2.71 bits per heavy atom. The highest BCUT2D eigenvalue weighted by Gasteiger charge is 2.16. The molecular formula is C15H18ClFN4. The first-order valence-corrected chi connectivity index (χ1v) is 7.16. The van der Waals surface area contributed by atoms with Crippen molar-refractivity contribution in [1.82, 2.24) is 15.6 Å². The summed E-state index contributed by atoms with van der Waals surface area (Å²) in [5.74, 6) is 5.27. The number of benzene rings is 1. The maximum absolute atomic E-state index is 13.2. The fourth-order valence-electron chi connectivity index (χ4n) is 2.27. The lowest BCUT2D eigenvalue weighted by molar-refractivity contribution is 0.541. The number of hydrogen-bond acceptors (Lipinski definition) is 4. The van der Waals surface area contributed by atoms with Gasteiger partial charge < -0.3 is 0 Å². The summed E-state index contributed by atoms with van der Waals surface area (Å²) in [5, 5.41) is 8.39. The second-order valence-electron chi connectivity index (χ2n) is 4.91. The Bertz CT molecular complexity index is 633. The Morgan fingerprint density at radius 1 is 1.33 bits per heavy atom. The number of halogens is 2. The van der Waals surface area contributed by atoms with Crippen molar-refractivity contribution in [3.05, 3.63) is 57.6 Å².